The van der Waals surface area contributed by atoms with Gasteiger partial charge in [-0.2, -0.15) is 0 Å². The van der Waals surface area contributed by atoms with Gasteiger partial charge in [-0.05, 0) is 54.4 Å². The Hall–Kier alpha value is -1.49. The first-order valence-electron chi connectivity index (χ1n) is 8.74. The molecular formula is C20H22ClN2OS+. The van der Waals surface area contributed by atoms with Crippen molar-refractivity contribution >= 4 is 34.2 Å². The lowest BCUT2D eigenvalue weighted by molar-refractivity contribution is -0.656. The Bertz CT molecular complexity index is 803. The molecule has 0 spiro atoms. The number of hydrogen-bond donors (Lipinski definition) is 1. The predicted octanol–water partition coefficient (Wildman–Crippen LogP) is 4.07. The van der Waals surface area contributed by atoms with Crippen LogP contribution in [0.1, 0.15) is 24.5 Å². The number of β-amino-alcohol motifs (C(OH)–C–C–N with tert-alkyl or cyclic N) is 1. The largest absolute Gasteiger partial charge is 0.346 e. The van der Waals surface area contributed by atoms with Crippen LogP contribution in [0, 0.1) is 0 Å². The summed E-state index contributed by atoms with van der Waals surface area (Å²) in [5.41, 5.74) is 2.33. The van der Waals surface area contributed by atoms with Crippen LogP contribution < -0.4 is 4.90 Å². The van der Waals surface area contributed by atoms with Gasteiger partial charge in [0.25, 0.3) is 5.72 Å². The quantitative estimate of drug-likeness (QED) is 0.821. The summed E-state index contributed by atoms with van der Waals surface area (Å²) < 4.78 is 2.16. The van der Waals surface area contributed by atoms with E-state index in [1.165, 1.54) is 5.56 Å². The minimum absolute atomic E-state index is 0.530. The molecule has 3 nitrogen and oxygen atoms in total. The highest BCUT2D eigenvalue weighted by atomic mass is 35.5. The number of benzene rings is 2. The average molecular weight is 374 g/mol. The van der Waals surface area contributed by atoms with Crippen molar-refractivity contribution in [3.05, 3.63) is 64.7 Å². The maximum atomic E-state index is 11.6. The zero-order valence-corrected chi connectivity index (χ0v) is 15.9. The number of hydrogen-bond acceptors (Lipinski definition) is 3. The lowest BCUT2D eigenvalue weighted by Gasteiger charge is -2.24. The second-order valence-electron chi connectivity index (χ2n) is 6.57. The fourth-order valence-electron chi connectivity index (χ4n) is 3.58. The molecule has 1 atom stereocenters. The zero-order valence-electron chi connectivity index (χ0n) is 14.3. The van der Waals surface area contributed by atoms with E-state index in [9.17, 15) is 5.11 Å². The molecule has 0 saturated carbocycles. The third-order valence-corrected chi connectivity index (χ3v) is 6.45. The van der Waals surface area contributed by atoms with Gasteiger partial charge >= 0.3 is 5.17 Å². The Morgan fingerprint density at radius 2 is 1.88 bits per heavy atom. The third-order valence-electron chi connectivity index (χ3n) is 5.01. The van der Waals surface area contributed by atoms with E-state index in [0.29, 0.717) is 6.54 Å². The smallest absolute Gasteiger partial charge is 0.316 e. The van der Waals surface area contributed by atoms with Crippen molar-refractivity contribution in [1.82, 2.24) is 0 Å². The highest BCUT2D eigenvalue weighted by Gasteiger charge is 2.53. The molecule has 2 aromatic carbocycles. The van der Waals surface area contributed by atoms with Crippen LogP contribution in [0.5, 0.6) is 0 Å². The standard InChI is InChI=1S/C20H22ClN2OS/c1-2-15-4-6-16(7-5-15)20(24)14-22(18-10-8-17(21)9-11-18)19-23(20)12-3-13-25-19/h4-11,24H,2-3,12-14H2,1H3/q+1/t20-/m1/s1. The summed E-state index contributed by atoms with van der Waals surface area (Å²) in [5.74, 6) is 1.08. The Kier molecular flexibility index (Phi) is 4.52. The van der Waals surface area contributed by atoms with E-state index >= 15 is 0 Å². The minimum atomic E-state index is -0.991. The molecule has 0 bridgehead atoms. The molecule has 2 aliphatic rings. The Labute approximate surface area is 157 Å². The van der Waals surface area contributed by atoms with Crippen molar-refractivity contribution in [3.8, 4) is 0 Å². The van der Waals surface area contributed by atoms with Gasteiger partial charge in [-0.15, -0.1) is 0 Å². The number of thioether (sulfide) groups is 1. The van der Waals surface area contributed by atoms with Crippen molar-refractivity contribution in [1.29, 1.82) is 0 Å². The first-order valence-corrected chi connectivity index (χ1v) is 10.1. The van der Waals surface area contributed by atoms with E-state index in [-0.39, 0.29) is 0 Å². The predicted molar refractivity (Wildman–Crippen MR) is 106 cm³/mol. The number of aliphatic hydroxyl groups is 1. The van der Waals surface area contributed by atoms with Crippen molar-refractivity contribution in [2.24, 2.45) is 0 Å². The van der Waals surface area contributed by atoms with Gasteiger partial charge in [-0.3, -0.25) is 0 Å². The Morgan fingerprint density at radius 1 is 1.16 bits per heavy atom. The average Bonchev–Trinajstić information content (AvgIpc) is 2.97. The molecule has 4 rings (SSSR count). The summed E-state index contributed by atoms with van der Waals surface area (Å²) in [5, 5.41) is 13.5. The van der Waals surface area contributed by atoms with Crippen LogP contribution in [0.4, 0.5) is 5.69 Å². The first-order chi connectivity index (χ1) is 12.1. The van der Waals surface area contributed by atoms with Gasteiger partial charge in [0.05, 0.1) is 6.54 Å². The molecule has 2 aromatic rings. The van der Waals surface area contributed by atoms with Crippen molar-refractivity contribution in [2.45, 2.75) is 25.5 Å². The van der Waals surface area contributed by atoms with E-state index < -0.39 is 5.72 Å². The first kappa shape index (κ1) is 17.0. The van der Waals surface area contributed by atoms with Crippen molar-refractivity contribution < 1.29 is 9.68 Å². The van der Waals surface area contributed by atoms with E-state index in [1.54, 1.807) is 0 Å². The fraction of sp³-hybridized carbons (Fsp3) is 0.350. The molecule has 0 unspecified atom stereocenters. The Balaban J connectivity index is 1.76. The highest BCUT2D eigenvalue weighted by molar-refractivity contribution is 8.13. The van der Waals surface area contributed by atoms with Gasteiger partial charge in [0, 0.05) is 16.3 Å². The van der Waals surface area contributed by atoms with E-state index in [0.717, 1.165) is 46.6 Å². The van der Waals surface area contributed by atoms with E-state index in [1.807, 2.05) is 36.0 Å². The number of anilines is 1. The zero-order chi connectivity index (χ0) is 17.4. The van der Waals surface area contributed by atoms with Gasteiger partial charge in [0.15, 0.2) is 6.54 Å². The van der Waals surface area contributed by atoms with Crippen LogP contribution >= 0.6 is 23.4 Å². The lowest BCUT2D eigenvalue weighted by atomic mass is 10.00. The van der Waals surface area contributed by atoms with Crippen LogP contribution in [0.2, 0.25) is 5.02 Å². The number of amidine groups is 1. The molecule has 5 heteroatoms. The summed E-state index contributed by atoms with van der Waals surface area (Å²) in [4.78, 5) is 2.22. The van der Waals surface area contributed by atoms with Crippen LogP contribution in [0.25, 0.3) is 0 Å². The second kappa shape index (κ2) is 6.67. The second-order valence-corrected chi connectivity index (χ2v) is 8.06. The molecule has 1 N–H and O–H groups in total. The molecular weight excluding hydrogens is 352 g/mol. The van der Waals surface area contributed by atoms with Gasteiger partial charge in [0.2, 0.25) is 0 Å². The monoisotopic (exact) mass is 373 g/mol. The van der Waals surface area contributed by atoms with Crippen LogP contribution in [-0.2, 0) is 12.1 Å². The molecule has 0 radical (unpaired) electrons. The summed E-state index contributed by atoms with van der Waals surface area (Å²) in [6.45, 7) is 3.55. The SMILES string of the molecule is CCc1ccc([C@]2(O)CN(c3ccc(Cl)cc3)C3=[N+]2CCCS3)cc1. The summed E-state index contributed by atoms with van der Waals surface area (Å²) in [7, 11) is 0. The third kappa shape index (κ3) is 2.97. The van der Waals surface area contributed by atoms with Crippen LogP contribution in [-0.4, -0.2) is 33.7 Å². The molecule has 0 saturated heterocycles. The van der Waals surface area contributed by atoms with E-state index in [4.69, 9.17) is 11.6 Å². The normalized spacial score (nSPS) is 23.1. The maximum Gasteiger partial charge on any atom is 0.316 e. The number of halogens is 1. The molecule has 25 heavy (non-hydrogen) atoms. The lowest BCUT2D eigenvalue weighted by Crippen LogP contribution is -2.41. The minimum Gasteiger partial charge on any atom is -0.346 e. The molecule has 2 heterocycles. The van der Waals surface area contributed by atoms with E-state index in [2.05, 4.69) is 40.7 Å². The molecule has 2 aliphatic heterocycles. The number of aryl methyl sites for hydroxylation is 1. The molecule has 0 aliphatic carbocycles. The fourth-order valence-corrected chi connectivity index (χ4v) is 4.88. The van der Waals surface area contributed by atoms with Gasteiger partial charge in [0.1, 0.15) is 5.69 Å². The van der Waals surface area contributed by atoms with Gasteiger partial charge < -0.3 is 5.11 Å². The number of nitrogens with zero attached hydrogens (tertiary/aromatic N) is 2. The van der Waals surface area contributed by atoms with Crippen LogP contribution in [0.15, 0.2) is 48.5 Å². The topological polar surface area (TPSA) is 26.5 Å². The molecule has 0 amide bonds. The number of rotatable bonds is 3. The molecule has 0 aromatic heterocycles. The summed E-state index contributed by atoms with van der Waals surface area (Å²) in [6, 6.07) is 16.2. The van der Waals surface area contributed by atoms with Crippen molar-refractivity contribution in [2.75, 3.05) is 23.7 Å². The maximum absolute atomic E-state index is 11.6. The van der Waals surface area contributed by atoms with Crippen LogP contribution in [0.3, 0.4) is 0 Å². The van der Waals surface area contributed by atoms with Gasteiger partial charge in [-0.1, -0.05) is 42.8 Å². The highest BCUT2D eigenvalue weighted by Crippen LogP contribution is 2.37. The summed E-state index contributed by atoms with van der Waals surface area (Å²) in [6.07, 6.45) is 2.09. The van der Waals surface area contributed by atoms with Crippen molar-refractivity contribution in [3.63, 3.8) is 0 Å². The summed E-state index contributed by atoms with van der Waals surface area (Å²) >= 11 is 7.87. The van der Waals surface area contributed by atoms with Gasteiger partial charge in [-0.25, -0.2) is 9.48 Å². The Morgan fingerprint density at radius 3 is 2.56 bits per heavy atom. The molecule has 0 fully saturated rings. The molecule has 130 valence electrons.